The van der Waals surface area contributed by atoms with E-state index in [4.69, 9.17) is 19.5 Å². The van der Waals surface area contributed by atoms with Crippen LogP contribution in [-0.2, 0) is 9.47 Å². The van der Waals surface area contributed by atoms with Crippen LogP contribution in [0.15, 0.2) is 12.1 Å². The number of fused-ring (bicyclic) bond motifs is 1. The molecule has 7 nitrogen and oxygen atoms in total. The Morgan fingerprint density at radius 3 is 2.71 bits per heavy atom. The lowest BCUT2D eigenvalue weighted by atomic mass is 10.0. The Morgan fingerprint density at radius 2 is 2.07 bits per heavy atom. The number of hydrogen-bond donors (Lipinski definition) is 0. The number of amides is 1. The van der Waals surface area contributed by atoms with Crippen LogP contribution < -0.4 is 4.74 Å². The first-order valence-electron chi connectivity index (χ1n) is 9.33. The SMILES string of the molecule is COc1cc([C@@H]2CN3CCN(C(=O)OC(C)(C)C)C[C@H]3CO2)cc(F)c1C#N. The number of nitriles is 1. The smallest absolute Gasteiger partial charge is 0.410 e. The molecule has 1 aromatic rings. The maximum atomic E-state index is 14.2. The van der Waals surface area contributed by atoms with Gasteiger partial charge in [0, 0.05) is 26.2 Å². The molecule has 0 aromatic heterocycles. The van der Waals surface area contributed by atoms with Crippen molar-refractivity contribution in [3.63, 3.8) is 0 Å². The van der Waals surface area contributed by atoms with Crippen molar-refractivity contribution in [2.75, 3.05) is 39.9 Å². The average molecular weight is 391 g/mol. The Kier molecular flexibility index (Phi) is 5.77. The van der Waals surface area contributed by atoms with Crippen molar-refractivity contribution in [3.8, 4) is 11.8 Å². The summed E-state index contributed by atoms with van der Waals surface area (Å²) in [5.74, 6) is -0.407. The van der Waals surface area contributed by atoms with Crippen molar-refractivity contribution in [2.24, 2.45) is 0 Å². The van der Waals surface area contributed by atoms with Gasteiger partial charge in [-0.15, -0.1) is 0 Å². The van der Waals surface area contributed by atoms with Gasteiger partial charge in [0.05, 0.1) is 25.9 Å². The standard InChI is InChI=1S/C20H26FN3O4/c1-20(2,3)28-19(25)24-6-5-23-11-18(27-12-14(23)10-24)13-7-16(21)15(9-22)17(8-13)26-4/h7-8,14,18H,5-6,10-12H2,1-4H3/t14-,18-/m0/s1. The third-order valence-corrected chi connectivity index (χ3v) is 4.93. The highest BCUT2D eigenvalue weighted by molar-refractivity contribution is 5.68. The molecule has 2 atom stereocenters. The van der Waals surface area contributed by atoms with E-state index in [2.05, 4.69) is 4.90 Å². The van der Waals surface area contributed by atoms with Crippen molar-refractivity contribution >= 4 is 6.09 Å². The molecular formula is C20H26FN3O4. The molecule has 1 amide bonds. The van der Waals surface area contributed by atoms with E-state index in [0.717, 1.165) is 0 Å². The predicted octanol–water partition coefficient (Wildman–Crippen LogP) is 2.70. The van der Waals surface area contributed by atoms with Gasteiger partial charge in [0.2, 0.25) is 0 Å². The summed E-state index contributed by atoms with van der Waals surface area (Å²) in [6.07, 6.45) is -0.631. The number of carbonyl (C=O) groups is 1. The lowest BCUT2D eigenvalue weighted by Crippen LogP contribution is -2.60. The largest absolute Gasteiger partial charge is 0.495 e. The van der Waals surface area contributed by atoms with Crippen LogP contribution in [0.25, 0.3) is 0 Å². The summed E-state index contributed by atoms with van der Waals surface area (Å²) in [7, 11) is 1.41. The molecule has 8 heteroatoms. The molecule has 1 aromatic carbocycles. The fourth-order valence-electron chi connectivity index (χ4n) is 3.54. The van der Waals surface area contributed by atoms with E-state index in [0.29, 0.717) is 38.3 Å². The van der Waals surface area contributed by atoms with Crippen molar-refractivity contribution in [3.05, 3.63) is 29.1 Å². The second-order valence-electron chi connectivity index (χ2n) is 8.09. The molecule has 0 aliphatic carbocycles. The molecule has 0 spiro atoms. The summed E-state index contributed by atoms with van der Waals surface area (Å²) in [5.41, 5.74) is 0.00783. The van der Waals surface area contributed by atoms with E-state index in [9.17, 15) is 9.18 Å². The summed E-state index contributed by atoms with van der Waals surface area (Å²) >= 11 is 0. The summed E-state index contributed by atoms with van der Waals surface area (Å²) < 4.78 is 30.8. The Labute approximate surface area is 164 Å². The Morgan fingerprint density at radius 1 is 1.32 bits per heavy atom. The molecule has 0 radical (unpaired) electrons. The van der Waals surface area contributed by atoms with Gasteiger partial charge in [-0.2, -0.15) is 5.26 Å². The molecule has 0 unspecified atom stereocenters. The Bertz CT molecular complexity index is 787. The van der Waals surface area contributed by atoms with Gasteiger partial charge in [0.25, 0.3) is 0 Å². The summed E-state index contributed by atoms with van der Waals surface area (Å²) in [4.78, 5) is 16.3. The fraction of sp³-hybridized carbons (Fsp3) is 0.600. The molecule has 2 aliphatic heterocycles. The van der Waals surface area contributed by atoms with E-state index in [1.807, 2.05) is 26.8 Å². The Hall–Kier alpha value is -2.37. The number of nitrogens with zero attached hydrogens (tertiary/aromatic N) is 3. The Balaban J connectivity index is 1.67. The zero-order chi connectivity index (χ0) is 20.5. The fourth-order valence-corrected chi connectivity index (χ4v) is 3.54. The average Bonchev–Trinajstić information content (AvgIpc) is 2.65. The van der Waals surface area contributed by atoms with Crippen LogP contribution in [0.2, 0.25) is 0 Å². The van der Waals surface area contributed by atoms with Gasteiger partial charge >= 0.3 is 6.09 Å². The highest BCUT2D eigenvalue weighted by Gasteiger charge is 2.37. The van der Waals surface area contributed by atoms with E-state index in [1.54, 1.807) is 11.0 Å². The van der Waals surface area contributed by atoms with Crippen molar-refractivity contribution in [1.29, 1.82) is 5.26 Å². The van der Waals surface area contributed by atoms with Gasteiger partial charge in [0.1, 0.15) is 28.8 Å². The molecule has 28 heavy (non-hydrogen) atoms. The zero-order valence-electron chi connectivity index (χ0n) is 16.7. The van der Waals surface area contributed by atoms with E-state index in [-0.39, 0.29) is 29.6 Å². The molecule has 0 bridgehead atoms. The van der Waals surface area contributed by atoms with Gasteiger partial charge in [-0.25, -0.2) is 9.18 Å². The molecule has 2 saturated heterocycles. The molecule has 2 heterocycles. The van der Waals surface area contributed by atoms with Gasteiger partial charge in [-0.1, -0.05) is 0 Å². The van der Waals surface area contributed by atoms with Gasteiger partial charge in [-0.05, 0) is 38.5 Å². The lowest BCUT2D eigenvalue weighted by Gasteiger charge is -2.46. The minimum atomic E-state index is -0.614. The quantitative estimate of drug-likeness (QED) is 0.772. The van der Waals surface area contributed by atoms with E-state index >= 15 is 0 Å². The predicted molar refractivity (Wildman–Crippen MR) is 99.5 cm³/mol. The molecule has 152 valence electrons. The monoisotopic (exact) mass is 391 g/mol. The minimum Gasteiger partial charge on any atom is -0.495 e. The number of benzene rings is 1. The number of hydrogen-bond acceptors (Lipinski definition) is 6. The van der Waals surface area contributed by atoms with Crippen LogP contribution in [0.4, 0.5) is 9.18 Å². The normalized spacial score (nSPS) is 22.9. The number of halogens is 1. The summed E-state index contributed by atoms with van der Waals surface area (Å²) in [6.45, 7) is 8.35. The van der Waals surface area contributed by atoms with Crippen LogP contribution in [-0.4, -0.2) is 67.4 Å². The third-order valence-electron chi connectivity index (χ3n) is 4.93. The minimum absolute atomic E-state index is 0.0719. The molecule has 0 saturated carbocycles. The number of rotatable bonds is 2. The zero-order valence-corrected chi connectivity index (χ0v) is 16.7. The number of methoxy groups -OCH3 is 1. The van der Waals surface area contributed by atoms with Gasteiger partial charge in [0.15, 0.2) is 0 Å². The van der Waals surface area contributed by atoms with Crippen molar-refractivity contribution < 1.29 is 23.4 Å². The molecular weight excluding hydrogens is 365 g/mol. The molecule has 3 rings (SSSR count). The first kappa shape index (κ1) is 20.4. The first-order valence-corrected chi connectivity index (χ1v) is 9.33. The third kappa shape index (κ3) is 4.37. The first-order chi connectivity index (χ1) is 13.2. The highest BCUT2D eigenvalue weighted by Crippen LogP contribution is 2.32. The second kappa shape index (κ2) is 7.94. The van der Waals surface area contributed by atoms with Crippen LogP contribution >= 0.6 is 0 Å². The number of piperazine rings is 1. The maximum absolute atomic E-state index is 14.2. The maximum Gasteiger partial charge on any atom is 0.410 e. The van der Waals surface area contributed by atoms with Crippen LogP contribution in [0, 0.1) is 17.1 Å². The number of carbonyl (C=O) groups excluding carboxylic acids is 1. The lowest BCUT2D eigenvalue weighted by molar-refractivity contribution is -0.0907. The van der Waals surface area contributed by atoms with Gasteiger partial charge in [-0.3, -0.25) is 4.90 Å². The molecule has 2 aliphatic rings. The van der Waals surface area contributed by atoms with Gasteiger partial charge < -0.3 is 19.1 Å². The summed E-state index contributed by atoms with van der Waals surface area (Å²) in [6, 6.07) is 4.89. The number of morpholine rings is 1. The summed E-state index contributed by atoms with van der Waals surface area (Å²) in [5, 5.41) is 9.07. The van der Waals surface area contributed by atoms with Crippen molar-refractivity contribution in [1.82, 2.24) is 9.80 Å². The number of ether oxygens (including phenoxy) is 3. The van der Waals surface area contributed by atoms with Crippen LogP contribution in [0.3, 0.4) is 0 Å². The van der Waals surface area contributed by atoms with Crippen LogP contribution in [0.1, 0.15) is 38.0 Å². The molecule has 0 N–H and O–H groups in total. The molecule has 2 fully saturated rings. The topological polar surface area (TPSA) is 75.0 Å². The second-order valence-corrected chi connectivity index (χ2v) is 8.09. The van der Waals surface area contributed by atoms with Crippen LogP contribution in [0.5, 0.6) is 5.75 Å². The highest BCUT2D eigenvalue weighted by atomic mass is 19.1. The van der Waals surface area contributed by atoms with E-state index in [1.165, 1.54) is 13.2 Å². The van der Waals surface area contributed by atoms with E-state index < -0.39 is 11.4 Å². The van der Waals surface area contributed by atoms with Crippen molar-refractivity contribution in [2.45, 2.75) is 38.5 Å².